The van der Waals surface area contributed by atoms with E-state index in [9.17, 15) is 9.59 Å². The SMILES string of the molecule is CC(C)c1ccc(NC(=O)C2CCN(C(=O)c3ccco3)CC2)c(C(C)C)c1. The van der Waals surface area contributed by atoms with E-state index >= 15 is 0 Å². The third kappa shape index (κ3) is 4.46. The van der Waals surface area contributed by atoms with Gasteiger partial charge in [-0.3, -0.25) is 9.59 Å². The summed E-state index contributed by atoms with van der Waals surface area (Å²) in [6, 6.07) is 9.71. The molecule has 2 amide bonds. The molecule has 1 aliphatic rings. The number of piperidine rings is 1. The highest BCUT2D eigenvalue weighted by Gasteiger charge is 2.29. The van der Waals surface area contributed by atoms with Crippen molar-refractivity contribution in [3.8, 4) is 0 Å². The van der Waals surface area contributed by atoms with Crippen LogP contribution in [0.15, 0.2) is 41.0 Å². The van der Waals surface area contributed by atoms with Crippen LogP contribution in [-0.2, 0) is 4.79 Å². The van der Waals surface area contributed by atoms with Gasteiger partial charge in [-0.2, -0.15) is 0 Å². The Hall–Kier alpha value is -2.56. The summed E-state index contributed by atoms with van der Waals surface area (Å²) in [5.74, 6) is 1.01. The van der Waals surface area contributed by atoms with Gasteiger partial charge in [0.25, 0.3) is 5.91 Å². The second-order valence-electron chi connectivity index (χ2n) is 8.19. The van der Waals surface area contributed by atoms with E-state index < -0.39 is 0 Å². The van der Waals surface area contributed by atoms with Crippen molar-refractivity contribution in [3.63, 3.8) is 0 Å². The second kappa shape index (κ2) is 8.63. The van der Waals surface area contributed by atoms with Gasteiger partial charge >= 0.3 is 0 Å². The summed E-state index contributed by atoms with van der Waals surface area (Å²) in [6.45, 7) is 9.79. The lowest BCUT2D eigenvalue weighted by atomic mass is 9.92. The fraction of sp³-hybridized carbons (Fsp3) is 0.478. The zero-order valence-electron chi connectivity index (χ0n) is 17.2. The number of rotatable bonds is 5. The topological polar surface area (TPSA) is 62.6 Å². The van der Waals surface area contributed by atoms with Gasteiger partial charge in [0, 0.05) is 24.7 Å². The van der Waals surface area contributed by atoms with Crippen molar-refractivity contribution in [3.05, 3.63) is 53.5 Å². The zero-order valence-corrected chi connectivity index (χ0v) is 17.2. The van der Waals surface area contributed by atoms with E-state index in [0.717, 1.165) is 5.69 Å². The van der Waals surface area contributed by atoms with Crippen molar-refractivity contribution in [1.29, 1.82) is 0 Å². The molecule has 0 spiro atoms. The lowest BCUT2D eigenvalue weighted by Crippen LogP contribution is -2.41. The number of nitrogens with one attached hydrogen (secondary N) is 1. The molecular weight excluding hydrogens is 352 g/mol. The minimum atomic E-state index is -0.102. The Labute approximate surface area is 167 Å². The molecule has 1 saturated heterocycles. The molecule has 0 bridgehead atoms. The molecule has 28 heavy (non-hydrogen) atoms. The molecule has 0 unspecified atom stereocenters. The highest BCUT2D eigenvalue weighted by molar-refractivity contribution is 5.94. The van der Waals surface area contributed by atoms with Crippen LogP contribution in [0.5, 0.6) is 0 Å². The monoisotopic (exact) mass is 382 g/mol. The van der Waals surface area contributed by atoms with Crippen molar-refractivity contribution in [1.82, 2.24) is 4.90 Å². The first kappa shape index (κ1) is 20.2. The third-order valence-corrected chi connectivity index (χ3v) is 5.51. The molecule has 1 aliphatic heterocycles. The first-order valence-corrected chi connectivity index (χ1v) is 10.1. The maximum Gasteiger partial charge on any atom is 0.289 e. The molecule has 3 rings (SSSR count). The molecular formula is C23H30N2O3. The smallest absolute Gasteiger partial charge is 0.289 e. The van der Waals surface area contributed by atoms with Crippen LogP contribution >= 0.6 is 0 Å². The van der Waals surface area contributed by atoms with Gasteiger partial charge in [0.2, 0.25) is 5.91 Å². The number of carbonyl (C=O) groups is 2. The maximum atomic E-state index is 12.8. The van der Waals surface area contributed by atoms with E-state index in [0.29, 0.717) is 43.5 Å². The van der Waals surface area contributed by atoms with E-state index in [1.807, 2.05) is 6.07 Å². The zero-order chi connectivity index (χ0) is 20.3. The van der Waals surface area contributed by atoms with Gasteiger partial charge in [0.15, 0.2) is 5.76 Å². The largest absolute Gasteiger partial charge is 0.459 e. The standard InChI is InChI=1S/C23H30N2O3/c1-15(2)18-7-8-20(19(14-18)16(3)4)24-22(26)17-9-11-25(12-10-17)23(27)21-6-5-13-28-21/h5-8,13-17H,9-12H2,1-4H3,(H,24,26). The fourth-order valence-electron chi connectivity index (χ4n) is 3.67. The number of hydrogen-bond acceptors (Lipinski definition) is 3. The number of hydrogen-bond donors (Lipinski definition) is 1. The van der Waals surface area contributed by atoms with E-state index in [4.69, 9.17) is 4.42 Å². The molecule has 1 fully saturated rings. The molecule has 2 aromatic rings. The van der Waals surface area contributed by atoms with Crippen LogP contribution in [0.1, 0.15) is 74.1 Å². The van der Waals surface area contributed by atoms with Crippen LogP contribution in [0, 0.1) is 5.92 Å². The predicted octanol–water partition coefficient (Wildman–Crippen LogP) is 5.02. The van der Waals surface area contributed by atoms with Gasteiger partial charge < -0.3 is 14.6 Å². The van der Waals surface area contributed by atoms with Crippen LogP contribution < -0.4 is 5.32 Å². The highest BCUT2D eigenvalue weighted by atomic mass is 16.3. The number of nitrogens with zero attached hydrogens (tertiary/aromatic N) is 1. The Bertz CT molecular complexity index is 816. The maximum absolute atomic E-state index is 12.8. The Morgan fingerprint density at radius 3 is 2.36 bits per heavy atom. The van der Waals surface area contributed by atoms with Crippen molar-refractivity contribution in [2.75, 3.05) is 18.4 Å². The molecule has 1 aromatic heterocycles. The van der Waals surface area contributed by atoms with Gasteiger partial charge in [-0.15, -0.1) is 0 Å². The Balaban J connectivity index is 1.62. The van der Waals surface area contributed by atoms with Crippen LogP contribution in [0.3, 0.4) is 0 Å². The first-order chi connectivity index (χ1) is 13.4. The van der Waals surface area contributed by atoms with Crippen molar-refractivity contribution in [2.24, 2.45) is 5.92 Å². The number of benzene rings is 1. The van der Waals surface area contributed by atoms with E-state index in [-0.39, 0.29) is 17.7 Å². The summed E-state index contributed by atoms with van der Waals surface area (Å²) < 4.78 is 5.19. The Morgan fingerprint density at radius 2 is 1.79 bits per heavy atom. The average molecular weight is 383 g/mol. The minimum Gasteiger partial charge on any atom is -0.459 e. The summed E-state index contributed by atoms with van der Waals surface area (Å²) >= 11 is 0. The second-order valence-corrected chi connectivity index (χ2v) is 8.19. The number of amides is 2. The molecule has 1 aromatic carbocycles. The summed E-state index contributed by atoms with van der Waals surface area (Å²) in [6.07, 6.45) is 2.84. The van der Waals surface area contributed by atoms with Gasteiger partial charge in [-0.25, -0.2) is 0 Å². The first-order valence-electron chi connectivity index (χ1n) is 10.1. The molecule has 150 valence electrons. The summed E-state index contributed by atoms with van der Waals surface area (Å²) in [5.41, 5.74) is 3.36. The number of likely N-dealkylation sites (tertiary alicyclic amines) is 1. The number of carbonyl (C=O) groups excluding carboxylic acids is 2. The van der Waals surface area contributed by atoms with Crippen molar-refractivity contribution >= 4 is 17.5 Å². The molecule has 0 radical (unpaired) electrons. The van der Waals surface area contributed by atoms with E-state index in [1.165, 1.54) is 17.4 Å². The normalized spacial score (nSPS) is 15.3. The van der Waals surface area contributed by atoms with Crippen LogP contribution in [0.2, 0.25) is 0 Å². The minimum absolute atomic E-state index is 0.0456. The summed E-state index contributed by atoms with van der Waals surface area (Å²) in [7, 11) is 0. The molecule has 2 heterocycles. The van der Waals surface area contributed by atoms with Crippen LogP contribution in [-0.4, -0.2) is 29.8 Å². The summed E-state index contributed by atoms with van der Waals surface area (Å²) in [5, 5.41) is 3.14. The lowest BCUT2D eigenvalue weighted by molar-refractivity contribution is -0.121. The lowest BCUT2D eigenvalue weighted by Gasteiger charge is -2.31. The molecule has 5 heteroatoms. The highest BCUT2D eigenvalue weighted by Crippen LogP contribution is 2.29. The molecule has 0 saturated carbocycles. The van der Waals surface area contributed by atoms with Crippen LogP contribution in [0.25, 0.3) is 0 Å². The van der Waals surface area contributed by atoms with E-state index in [1.54, 1.807) is 17.0 Å². The molecule has 5 nitrogen and oxygen atoms in total. The quantitative estimate of drug-likeness (QED) is 0.790. The van der Waals surface area contributed by atoms with Crippen molar-refractivity contribution < 1.29 is 14.0 Å². The van der Waals surface area contributed by atoms with Gasteiger partial charge in [0.05, 0.1) is 6.26 Å². The van der Waals surface area contributed by atoms with Gasteiger partial charge in [-0.1, -0.05) is 39.8 Å². The predicted molar refractivity (Wildman–Crippen MR) is 111 cm³/mol. The van der Waals surface area contributed by atoms with Gasteiger partial charge in [-0.05, 0) is 54.0 Å². The summed E-state index contributed by atoms with van der Waals surface area (Å²) in [4.78, 5) is 27.0. The van der Waals surface area contributed by atoms with Gasteiger partial charge in [0.1, 0.15) is 0 Å². The third-order valence-electron chi connectivity index (χ3n) is 5.51. The van der Waals surface area contributed by atoms with E-state index in [2.05, 4.69) is 45.1 Å². The number of anilines is 1. The average Bonchev–Trinajstić information content (AvgIpc) is 3.22. The number of furan rings is 1. The Kier molecular flexibility index (Phi) is 6.22. The molecule has 1 N–H and O–H groups in total. The van der Waals surface area contributed by atoms with Crippen LogP contribution in [0.4, 0.5) is 5.69 Å². The Morgan fingerprint density at radius 1 is 1.07 bits per heavy atom. The van der Waals surface area contributed by atoms with Crippen molar-refractivity contribution in [2.45, 2.75) is 52.4 Å². The fourth-order valence-corrected chi connectivity index (χ4v) is 3.67. The molecule has 0 aliphatic carbocycles. The molecule has 0 atom stereocenters.